The van der Waals surface area contributed by atoms with Crippen LogP contribution in [0.4, 0.5) is 5.69 Å². The monoisotopic (exact) mass is 230 g/mol. The summed E-state index contributed by atoms with van der Waals surface area (Å²) >= 11 is 0. The summed E-state index contributed by atoms with van der Waals surface area (Å²) in [6.07, 6.45) is 3.97. The molecule has 0 spiro atoms. The van der Waals surface area contributed by atoms with Gasteiger partial charge in [0.1, 0.15) is 0 Å². The van der Waals surface area contributed by atoms with Crippen molar-refractivity contribution in [2.24, 2.45) is 0 Å². The van der Waals surface area contributed by atoms with Crippen molar-refractivity contribution < 1.29 is 4.79 Å². The van der Waals surface area contributed by atoms with E-state index in [1.165, 1.54) is 0 Å². The number of carbonyl (C=O) groups excluding carboxylic acids is 1. The SMILES string of the molecule is C=CCN(C(=O)c1cc(C)cc(N)c1)C1CC1. The molecule has 0 unspecified atom stereocenters. The quantitative estimate of drug-likeness (QED) is 0.637. The highest BCUT2D eigenvalue weighted by atomic mass is 16.2. The van der Waals surface area contributed by atoms with Crippen molar-refractivity contribution in [1.82, 2.24) is 4.90 Å². The van der Waals surface area contributed by atoms with E-state index >= 15 is 0 Å². The molecule has 1 saturated carbocycles. The molecule has 17 heavy (non-hydrogen) atoms. The number of anilines is 1. The number of aryl methyl sites for hydroxylation is 1. The van der Waals surface area contributed by atoms with Crippen LogP contribution < -0.4 is 5.73 Å². The molecule has 3 nitrogen and oxygen atoms in total. The predicted octanol–water partition coefficient (Wildman–Crippen LogP) is 2.37. The predicted molar refractivity (Wildman–Crippen MR) is 69.8 cm³/mol. The summed E-state index contributed by atoms with van der Waals surface area (Å²) in [6, 6.07) is 5.89. The van der Waals surface area contributed by atoms with Crippen molar-refractivity contribution in [3.8, 4) is 0 Å². The van der Waals surface area contributed by atoms with Crippen molar-refractivity contribution in [2.45, 2.75) is 25.8 Å². The summed E-state index contributed by atoms with van der Waals surface area (Å²) in [5.41, 5.74) is 8.11. The summed E-state index contributed by atoms with van der Waals surface area (Å²) in [5.74, 6) is 0.0581. The lowest BCUT2D eigenvalue weighted by Gasteiger charge is -2.21. The van der Waals surface area contributed by atoms with Gasteiger partial charge in [-0.3, -0.25) is 4.79 Å². The third-order valence-electron chi connectivity index (χ3n) is 2.92. The third kappa shape index (κ3) is 2.67. The van der Waals surface area contributed by atoms with Gasteiger partial charge in [-0.2, -0.15) is 0 Å². The lowest BCUT2D eigenvalue weighted by Crippen LogP contribution is -2.33. The first-order valence-electron chi connectivity index (χ1n) is 5.91. The zero-order valence-corrected chi connectivity index (χ0v) is 10.1. The molecule has 0 radical (unpaired) electrons. The minimum atomic E-state index is 0.0581. The number of nitrogens with zero attached hydrogens (tertiary/aromatic N) is 1. The molecule has 1 aliphatic carbocycles. The van der Waals surface area contributed by atoms with Gasteiger partial charge in [-0.1, -0.05) is 6.08 Å². The maximum atomic E-state index is 12.3. The largest absolute Gasteiger partial charge is 0.399 e. The van der Waals surface area contributed by atoms with Crippen LogP contribution in [0.3, 0.4) is 0 Å². The van der Waals surface area contributed by atoms with Gasteiger partial charge in [0.15, 0.2) is 0 Å². The topological polar surface area (TPSA) is 46.3 Å². The highest BCUT2D eigenvalue weighted by molar-refractivity contribution is 5.95. The van der Waals surface area contributed by atoms with Gasteiger partial charge in [-0.05, 0) is 43.5 Å². The van der Waals surface area contributed by atoms with Crippen molar-refractivity contribution in [2.75, 3.05) is 12.3 Å². The van der Waals surface area contributed by atoms with Crippen LogP contribution in [0.5, 0.6) is 0 Å². The van der Waals surface area contributed by atoms with E-state index in [9.17, 15) is 4.79 Å². The van der Waals surface area contributed by atoms with Gasteiger partial charge in [0.05, 0.1) is 0 Å². The molecule has 1 fully saturated rings. The minimum absolute atomic E-state index is 0.0581. The summed E-state index contributed by atoms with van der Waals surface area (Å²) in [5, 5.41) is 0. The molecule has 2 N–H and O–H groups in total. The Morgan fingerprint density at radius 1 is 1.53 bits per heavy atom. The highest BCUT2D eigenvalue weighted by Crippen LogP contribution is 2.28. The van der Waals surface area contributed by atoms with Crippen molar-refractivity contribution in [1.29, 1.82) is 0 Å². The Morgan fingerprint density at radius 3 is 2.76 bits per heavy atom. The van der Waals surface area contributed by atoms with E-state index in [1.807, 2.05) is 24.0 Å². The zero-order valence-electron chi connectivity index (χ0n) is 10.1. The Morgan fingerprint density at radius 2 is 2.24 bits per heavy atom. The van der Waals surface area contributed by atoms with Gasteiger partial charge in [0, 0.05) is 23.8 Å². The van der Waals surface area contributed by atoms with E-state index in [0.29, 0.717) is 23.8 Å². The molecule has 90 valence electrons. The van der Waals surface area contributed by atoms with Gasteiger partial charge in [-0.15, -0.1) is 6.58 Å². The fraction of sp³-hybridized carbons (Fsp3) is 0.357. The van der Waals surface area contributed by atoms with Crippen LogP contribution in [0, 0.1) is 6.92 Å². The molecule has 3 heteroatoms. The molecule has 1 amide bonds. The summed E-state index contributed by atoms with van der Waals surface area (Å²) < 4.78 is 0. The molecule has 1 aliphatic rings. The number of carbonyl (C=O) groups is 1. The van der Waals surface area contributed by atoms with Crippen LogP contribution in [0.15, 0.2) is 30.9 Å². The van der Waals surface area contributed by atoms with Crippen LogP contribution in [-0.2, 0) is 0 Å². The Kier molecular flexibility index (Phi) is 3.18. The zero-order chi connectivity index (χ0) is 12.4. The first-order chi connectivity index (χ1) is 8.11. The minimum Gasteiger partial charge on any atom is -0.399 e. The first kappa shape index (κ1) is 11.7. The Bertz CT molecular complexity index is 429. The molecule has 2 rings (SSSR count). The van der Waals surface area contributed by atoms with E-state index in [-0.39, 0.29) is 5.91 Å². The molecule has 0 bridgehead atoms. The average molecular weight is 230 g/mol. The molecule has 0 aromatic heterocycles. The number of benzene rings is 1. The third-order valence-corrected chi connectivity index (χ3v) is 2.92. The second kappa shape index (κ2) is 4.62. The van der Waals surface area contributed by atoms with E-state index in [1.54, 1.807) is 12.1 Å². The Balaban J connectivity index is 2.24. The van der Waals surface area contributed by atoms with Crippen LogP contribution in [-0.4, -0.2) is 23.4 Å². The van der Waals surface area contributed by atoms with Crippen molar-refractivity contribution in [3.05, 3.63) is 42.0 Å². The fourth-order valence-electron chi connectivity index (χ4n) is 2.03. The Hall–Kier alpha value is -1.77. The van der Waals surface area contributed by atoms with E-state index in [4.69, 9.17) is 5.73 Å². The molecular weight excluding hydrogens is 212 g/mol. The van der Waals surface area contributed by atoms with Crippen LogP contribution in [0.1, 0.15) is 28.8 Å². The Labute approximate surface area is 102 Å². The van der Waals surface area contributed by atoms with Gasteiger partial charge < -0.3 is 10.6 Å². The van der Waals surface area contributed by atoms with E-state index in [0.717, 1.165) is 18.4 Å². The molecule has 1 aromatic carbocycles. The lowest BCUT2D eigenvalue weighted by atomic mass is 10.1. The highest BCUT2D eigenvalue weighted by Gasteiger charge is 2.32. The number of hydrogen-bond donors (Lipinski definition) is 1. The second-order valence-corrected chi connectivity index (χ2v) is 4.61. The molecule has 0 atom stereocenters. The van der Waals surface area contributed by atoms with E-state index < -0.39 is 0 Å². The van der Waals surface area contributed by atoms with Crippen LogP contribution in [0.25, 0.3) is 0 Å². The maximum absolute atomic E-state index is 12.3. The van der Waals surface area contributed by atoms with Crippen molar-refractivity contribution in [3.63, 3.8) is 0 Å². The summed E-state index contributed by atoms with van der Waals surface area (Å²) in [7, 11) is 0. The van der Waals surface area contributed by atoms with Gasteiger partial charge in [0.2, 0.25) is 0 Å². The fourth-order valence-corrected chi connectivity index (χ4v) is 2.03. The number of nitrogen functional groups attached to an aromatic ring is 1. The smallest absolute Gasteiger partial charge is 0.254 e. The maximum Gasteiger partial charge on any atom is 0.254 e. The van der Waals surface area contributed by atoms with Gasteiger partial charge in [-0.25, -0.2) is 0 Å². The summed E-state index contributed by atoms with van der Waals surface area (Å²) in [4.78, 5) is 14.2. The summed E-state index contributed by atoms with van der Waals surface area (Å²) in [6.45, 7) is 6.26. The molecule has 1 aromatic rings. The molecule has 0 saturated heterocycles. The number of amides is 1. The number of nitrogens with two attached hydrogens (primary N) is 1. The van der Waals surface area contributed by atoms with E-state index in [2.05, 4.69) is 6.58 Å². The van der Waals surface area contributed by atoms with Crippen molar-refractivity contribution >= 4 is 11.6 Å². The van der Waals surface area contributed by atoms with Crippen LogP contribution in [0.2, 0.25) is 0 Å². The van der Waals surface area contributed by atoms with Crippen LogP contribution >= 0.6 is 0 Å². The molecule has 0 heterocycles. The van der Waals surface area contributed by atoms with Gasteiger partial charge >= 0.3 is 0 Å². The molecule has 0 aliphatic heterocycles. The molecular formula is C14H18N2O. The van der Waals surface area contributed by atoms with Gasteiger partial charge in [0.25, 0.3) is 5.91 Å². The standard InChI is InChI=1S/C14H18N2O/c1-3-6-16(13-4-5-13)14(17)11-7-10(2)8-12(15)9-11/h3,7-9,13H,1,4-6,15H2,2H3. The number of hydrogen-bond acceptors (Lipinski definition) is 2. The second-order valence-electron chi connectivity index (χ2n) is 4.61. The first-order valence-corrected chi connectivity index (χ1v) is 5.91. The lowest BCUT2D eigenvalue weighted by molar-refractivity contribution is 0.0762. The average Bonchev–Trinajstić information content (AvgIpc) is 3.07. The normalized spacial score (nSPS) is 14.4. The number of rotatable bonds is 4.